The summed E-state index contributed by atoms with van der Waals surface area (Å²) < 4.78 is 12.9. The highest BCUT2D eigenvalue weighted by atomic mass is 32.2. The third-order valence-corrected chi connectivity index (χ3v) is 5.57. The molecule has 2 aromatic rings. The Bertz CT molecular complexity index is 789. The molecule has 1 fully saturated rings. The maximum Gasteiger partial charge on any atom is 0.234 e. The fourth-order valence-electron chi connectivity index (χ4n) is 3.15. The van der Waals surface area contributed by atoms with E-state index in [2.05, 4.69) is 10.6 Å². The molecule has 0 aromatic heterocycles. The maximum absolute atomic E-state index is 12.9. The van der Waals surface area contributed by atoms with E-state index in [4.69, 9.17) is 0 Å². The lowest BCUT2D eigenvalue weighted by atomic mass is 9.88. The Balaban J connectivity index is 1.50. The van der Waals surface area contributed by atoms with Crippen molar-refractivity contribution in [3.05, 3.63) is 54.3 Å². The minimum Gasteiger partial charge on any atom is -0.326 e. The van der Waals surface area contributed by atoms with Crippen molar-refractivity contribution in [1.29, 1.82) is 0 Å². The normalized spacial score (nSPS) is 14.6. The summed E-state index contributed by atoms with van der Waals surface area (Å²) in [6.45, 7) is 0. The van der Waals surface area contributed by atoms with Gasteiger partial charge in [-0.05, 0) is 55.3 Å². The molecule has 0 spiro atoms. The lowest BCUT2D eigenvalue weighted by Gasteiger charge is -2.20. The molecule has 2 amide bonds. The number of hydrogen-bond acceptors (Lipinski definition) is 3. The van der Waals surface area contributed by atoms with Crippen LogP contribution in [0.5, 0.6) is 0 Å². The number of thioether (sulfide) groups is 1. The smallest absolute Gasteiger partial charge is 0.234 e. The summed E-state index contributed by atoms with van der Waals surface area (Å²) in [6.07, 6.45) is 5.39. The van der Waals surface area contributed by atoms with Gasteiger partial charge in [-0.2, -0.15) is 0 Å². The van der Waals surface area contributed by atoms with Crippen LogP contribution in [0.1, 0.15) is 32.1 Å². The van der Waals surface area contributed by atoms with Gasteiger partial charge in [0, 0.05) is 22.2 Å². The minimum absolute atomic E-state index is 0.0888. The Hall–Kier alpha value is -2.34. The van der Waals surface area contributed by atoms with Crippen molar-refractivity contribution in [2.45, 2.75) is 37.0 Å². The van der Waals surface area contributed by atoms with Gasteiger partial charge in [0.1, 0.15) is 5.82 Å². The van der Waals surface area contributed by atoms with Crippen LogP contribution in [0, 0.1) is 11.7 Å². The molecule has 2 aromatic carbocycles. The van der Waals surface area contributed by atoms with E-state index in [0.717, 1.165) is 36.3 Å². The molecule has 3 rings (SSSR count). The lowest BCUT2D eigenvalue weighted by molar-refractivity contribution is -0.120. The molecule has 0 unspecified atom stereocenters. The molecule has 1 saturated carbocycles. The zero-order valence-corrected chi connectivity index (χ0v) is 15.9. The molecule has 0 radical (unpaired) electrons. The molecule has 0 heterocycles. The van der Waals surface area contributed by atoms with Crippen molar-refractivity contribution in [3.8, 4) is 0 Å². The highest BCUT2D eigenvalue weighted by Gasteiger charge is 2.21. The second kappa shape index (κ2) is 9.55. The Kier molecular flexibility index (Phi) is 6.87. The number of anilines is 2. The molecule has 0 saturated heterocycles. The molecule has 27 heavy (non-hydrogen) atoms. The number of hydrogen-bond donors (Lipinski definition) is 2. The van der Waals surface area contributed by atoms with Gasteiger partial charge in [0.2, 0.25) is 11.8 Å². The number of carbonyl (C=O) groups excluding carboxylic acids is 2. The predicted molar refractivity (Wildman–Crippen MR) is 107 cm³/mol. The fourth-order valence-corrected chi connectivity index (χ4v) is 3.91. The number of rotatable bonds is 6. The molecule has 0 atom stereocenters. The predicted octanol–water partition coefficient (Wildman–Crippen LogP) is 5.08. The monoisotopic (exact) mass is 386 g/mol. The number of benzene rings is 2. The SMILES string of the molecule is O=C(CSc1cccc(NC(=O)C2CCCCC2)c1)Nc1ccc(F)cc1. The van der Waals surface area contributed by atoms with Gasteiger partial charge in [-0.15, -0.1) is 11.8 Å². The first kappa shape index (κ1) is 19.4. The first-order valence-electron chi connectivity index (χ1n) is 9.19. The lowest BCUT2D eigenvalue weighted by Crippen LogP contribution is -2.24. The van der Waals surface area contributed by atoms with Gasteiger partial charge in [0.25, 0.3) is 0 Å². The van der Waals surface area contributed by atoms with E-state index in [1.165, 1.54) is 42.4 Å². The number of nitrogens with one attached hydrogen (secondary N) is 2. The number of halogens is 1. The first-order chi connectivity index (χ1) is 13.1. The molecule has 1 aliphatic carbocycles. The first-order valence-corrected chi connectivity index (χ1v) is 10.2. The fraction of sp³-hybridized carbons (Fsp3) is 0.333. The van der Waals surface area contributed by atoms with Gasteiger partial charge >= 0.3 is 0 Å². The highest BCUT2D eigenvalue weighted by molar-refractivity contribution is 8.00. The summed E-state index contributed by atoms with van der Waals surface area (Å²) in [5, 5.41) is 5.73. The van der Waals surface area contributed by atoms with Crippen molar-refractivity contribution >= 4 is 35.0 Å². The molecular formula is C21H23FN2O2S. The van der Waals surface area contributed by atoms with Crippen molar-refractivity contribution in [3.63, 3.8) is 0 Å². The topological polar surface area (TPSA) is 58.2 Å². The Morgan fingerprint density at radius 2 is 1.70 bits per heavy atom. The molecular weight excluding hydrogens is 363 g/mol. The number of amides is 2. The van der Waals surface area contributed by atoms with E-state index in [0.29, 0.717) is 5.69 Å². The summed E-state index contributed by atoms with van der Waals surface area (Å²) in [5.41, 5.74) is 1.32. The summed E-state index contributed by atoms with van der Waals surface area (Å²) in [4.78, 5) is 25.3. The molecule has 6 heteroatoms. The van der Waals surface area contributed by atoms with Crippen LogP contribution in [0.15, 0.2) is 53.4 Å². The highest BCUT2D eigenvalue weighted by Crippen LogP contribution is 2.26. The third kappa shape index (κ3) is 6.10. The van der Waals surface area contributed by atoms with Crippen LogP contribution in [-0.2, 0) is 9.59 Å². The Labute approximate surface area is 162 Å². The quantitative estimate of drug-likeness (QED) is 0.681. The van der Waals surface area contributed by atoms with Gasteiger partial charge in [-0.3, -0.25) is 9.59 Å². The van der Waals surface area contributed by atoms with Gasteiger partial charge in [0.05, 0.1) is 5.75 Å². The van der Waals surface area contributed by atoms with Crippen LogP contribution >= 0.6 is 11.8 Å². The summed E-state index contributed by atoms with van der Waals surface area (Å²) in [7, 11) is 0. The maximum atomic E-state index is 12.9. The zero-order valence-electron chi connectivity index (χ0n) is 15.0. The molecule has 0 bridgehead atoms. The van der Waals surface area contributed by atoms with Gasteiger partial charge in [0.15, 0.2) is 0 Å². The summed E-state index contributed by atoms with van der Waals surface area (Å²) in [5.74, 6) is -0.0719. The molecule has 2 N–H and O–H groups in total. The van der Waals surface area contributed by atoms with E-state index in [9.17, 15) is 14.0 Å². The Morgan fingerprint density at radius 3 is 2.44 bits per heavy atom. The van der Waals surface area contributed by atoms with Crippen LogP contribution in [0.2, 0.25) is 0 Å². The van der Waals surface area contributed by atoms with E-state index in [-0.39, 0.29) is 29.3 Å². The second-order valence-corrected chi connectivity index (χ2v) is 7.74. The van der Waals surface area contributed by atoms with Crippen LogP contribution in [0.3, 0.4) is 0 Å². The van der Waals surface area contributed by atoms with E-state index < -0.39 is 0 Å². The van der Waals surface area contributed by atoms with Crippen molar-refractivity contribution < 1.29 is 14.0 Å². The average molecular weight is 386 g/mol. The summed E-state index contributed by atoms with van der Waals surface area (Å²) >= 11 is 1.39. The van der Waals surface area contributed by atoms with E-state index in [1.54, 1.807) is 0 Å². The summed E-state index contributed by atoms with van der Waals surface area (Å²) in [6, 6.07) is 13.2. The molecule has 1 aliphatic rings. The van der Waals surface area contributed by atoms with Crippen molar-refractivity contribution in [2.24, 2.45) is 5.92 Å². The zero-order chi connectivity index (χ0) is 19.1. The Morgan fingerprint density at radius 1 is 0.963 bits per heavy atom. The van der Waals surface area contributed by atoms with Crippen LogP contribution in [-0.4, -0.2) is 17.6 Å². The molecule has 4 nitrogen and oxygen atoms in total. The minimum atomic E-state index is -0.338. The van der Waals surface area contributed by atoms with Gasteiger partial charge in [-0.25, -0.2) is 4.39 Å². The van der Waals surface area contributed by atoms with Crippen LogP contribution in [0.25, 0.3) is 0 Å². The number of carbonyl (C=O) groups is 2. The van der Waals surface area contributed by atoms with Crippen LogP contribution in [0.4, 0.5) is 15.8 Å². The molecule has 0 aliphatic heterocycles. The third-order valence-electron chi connectivity index (χ3n) is 4.58. The average Bonchev–Trinajstić information content (AvgIpc) is 2.69. The molecule has 142 valence electrons. The van der Waals surface area contributed by atoms with Crippen LogP contribution < -0.4 is 10.6 Å². The van der Waals surface area contributed by atoms with Gasteiger partial charge < -0.3 is 10.6 Å². The van der Waals surface area contributed by atoms with E-state index >= 15 is 0 Å². The van der Waals surface area contributed by atoms with E-state index in [1.807, 2.05) is 24.3 Å². The van der Waals surface area contributed by atoms with Gasteiger partial charge in [-0.1, -0.05) is 25.3 Å². The van der Waals surface area contributed by atoms with Crippen molar-refractivity contribution in [1.82, 2.24) is 0 Å². The van der Waals surface area contributed by atoms with Crippen molar-refractivity contribution in [2.75, 3.05) is 16.4 Å². The second-order valence-electron chi connectivity index (χ2n) is 6.70. The standard InChI is InChI=1S/C21H23FN2O2S/c22-16-9-11-17(12-10-16)23-20(25)14-27-19-8-4-7-18(13-19)24-21(26)15-5-2-1-3-6-15/h4,7-13,15H,1-3,5-6,14H2,(H,23,25)(H,24,26). The largest absolute Gasteiger partial charge is 0.326 e.